The number of hydrogen-bond donors (Lipinski definition) is 6. The molecule has 1 aliphatic heterocycles. The largest absolute Gasteiger partial charge is 0.480 e. The molecule has 1 saturated heterocycles. The third-order valence-corrected chi connectivity index (χ3v) is 6.66. The zero-order chi connectivity index (χ0) is 27.4. The molecular weight excluding hydrogens is 496 g/mol. The van der Waals surface area contributed by atoms with Crippen LogP contribution in [-0.4, -0.2) is 95.6 Å². The van der Waals surface area contributed by atoms with Crippen LogP contribution >= 0.6 is 0 Å². The maximum atomic E-state index is 11.5. The number of aryl methyl sites for hydroxylation is 1. The van der Waals surface area contributed by atoms with E-state index in [0.29, 0.717) is 42.7 Å². The van der Waals surface area contributed by atoms with Crippen LogP contribution in [0.25, 0.3) is 11.2 Å². The Morgan fingerprint density at radius 3 is 2.68 bits per heavy atom. The van der Waals surface area contributed by atoms with Gasteiger partial charge in [-0.05, 0) is 43.5 Å². The van der Waals surface area contributed by atoms with Crippen molar-refractivity contribution in [3.05, 3.63) is 48.0 Å². The number of amides is 1. The van der Waals surface area contributed by atoms with Crippen LogP contribution in [0, 0.1) is 0 Å². The summed E-state index contributed by atoms with van der Waals surface area (Å²) < 4.78 is 7.55. The van der Waals surface area contributed by atoms with Crippen molar-refractivity contribution in [2.75, 3.05) is 25.4 Å². The number of imidazole rings is 1. The average Bonchev–Trinajstić information content (AvgIpc) is 3.44. The Kier molecular flexibility index (Phi) is 8.48. The van der Waals surface area contributed by atoms with Crippen molar-refractivity contribution in [1.29, 1.82) is 0 Å². The molecule has 0 bridgehead atoms. The number of primary amides is 1. The van der Waals surface area contributed by atoms with Crippen molar-refractivity contribution in [1.82, 2.24) is 24.4 Å². The first kappa shape index (κ1) is 27.3. The summed E-state index contributed by atoms with van der Waals surface area (Å²) in [6.45, 7) is 1.07. The molecule has 204 valence electrons. The van der Waals surface area contributed by atoms with Gasteiger partial charge in [-0.3, -0.25) is 14.2 Å². The van der Waals surface area contributed by atoms with Crippen molar-refractivity contribution < 1.29 is 29.6 Å². The molecule has 1 amide bonds. The first-order valence-electron chi connectivity index (χ1n) is 12.2. The fraction of sp³-hybridized carbons (Fsp3) is 0.458. The first-order valence-corrected chi connectivity index (χ1v) is 12.2. The van der Waals surface area contributed by atoms with Crippen LogP contribution in [-0.2, 0) is 16.0 Å². The Morgan fingerprint density at radius 1 is 1.16 bits per heavy atom. The molecule has 2 aromatic heterocycles. The number of aromatic nitrogens is 4. The van der Waals surface area contributed by atoms with E-state index in [9.17, 15) is 24.9 Å². The number of carboxylic acid groups (broad SMARTS) is 1. The van der Waals surface area contributed by atoms with E-state index in [4.69, 9.17) is 21.9 Å². The summed E-state index contributed by atoms with van der Waals surface area (Å²) in [4.78, 5) is 36.9. The highest BCUT2D eigenvalue weighted by atomic mass is 16.6. The fourth-order valence-electron chi connectivity index (χ4n) is 4.55. The number of carboxylic acids is 1. The maximum absolute atomic E-state index is 11.5. The topological polar surface area (TPSA) is 229 Å². The van der Waals surface area contributed by atoms with Gasteiger partial charge in [0, 0.05) is 18.7 Å². The zero-order valence-electron chi connectivity index (χ0n) is 20.6. The number of aliphatic carboxylic acids is 1. The van der Waals surface area contributed by atoms with Gasteiger partial charge in [-0.1, -0.05) is 12.1 Å². The molecule has 14 heteroatoms. The number of aliphatic hydroxyl groups is 2. The summed E-state index contributed by atoms with van der Waals surface area (Å²) in [7, 11) is 0. The second-order valence-corrected chi connectivity index (χ2v) is 9.33. The number of benzene rings is 1. The summed E-state index contributed by atoms with van der Waals surface area (Å²) in [5.41, 5.74) is 19.0. The van der Waals surface area contributed by atoms with Gasteiger partial charge >= 0.3 is 5.97 Å². The van der Waals surface area contributed by atoms with Crippen LogP contribution in [0.5, 0.6) is 0 Å². The number of ether oxygens (including phenoxy) is 1. The van der Waals surface area contributed by atoms with Crippen LogP contribution < -0.4 is 17.2 Å². The number of nitrogen functional groups attached to an aromatic ring is 1. The molecule has 3 heterocycles. The molecule has 9 N–H and O–H groups in total. The Hall–Kier alpha value is -3.69. The lowest BCUT2D eigenvalue weighted by Gasteiger charge is -2.27. The van der Waals surface area contributed by atoms with Gasteiger partial charge < -0.3 is 42.2 Å². The summed E-state index contributed by atoms with van der Waals surface area (Å²) in [5, 5.41) is 30.8. The normalized spacial score (nSPS) is 22.2. The second-order valence-electron chi connectivity index (χ2n) is 9.33. The number of rotatable bonds is 12. The van der Waals surface area contributed by atoms with Crippen LogP contribution in [0.1, 0.15) is 35.0 Å². The number of carbonyl (C=O) groups is 2. The number of aliphatic hydroxyl groups excluding tert-OH is 2. The summed E-state index contributed by atoms with van der Waals surface area (Å²) in [5.74, 6) is -1.42. The molecule has 1 aromatic carbocycles. The monoisotopic (exact) mass is 528 g/mol. The highest BCUT2D eigenvalue weighted by Gasteiger charge is 2.44. The van der Waals surface area contributed by atoms with E-state index in [1.165, 1.54) is 17.2 Å². The highest BCUT2D eigenvalue weighted by Crippen LogP contribution is 2.32. The van der Waals surface area contributed by atoms with E-state index in [2.05, 4.69) is 15.0 Å². The number of anilines is 1. The third kappa shape index (κ3) is 6.06. The van der Waals surface area contributed by atoms with E-state index < -0.39 is 42.5 Å². The smallest absolute Gasteiger partial charge is 0.320 e. The molecule has 14 nitrogen and oxygen atoms in total. The van der Waals surface area contributed by atoms with Gasteiger partial charge in [-0.25, -0.2) is 15.0 Å². The Labute approximate surface area is 218 Å². The van der Waals surface area contributed by atoms with Crippen LogP contribution in [0.15, 0.2) is 36.9 Å². The van der Waals surface area contributed by atoms with Crippen molar-refractivity contribution in [3.8, 4) is 0 Å². The zero-order valence-corrected chi connectivity index (χ0v) is 20.6. The van der Waals surface area contributed by atoms with Crippen LogP contribution in [0.3, 0.4) is 0 Å². The number of nitrogens with two attached hydrogens (primary N) is 3. The highest BCUT2D eigenvalue weighted by molar-refractivity contribution is 5.92. The minimum Gasteiger partial charge on any atom is -0.480 e. The molecule has 38 heavy (non-hydrogen) atoms. The summed E-state index contributed by atoms with van der Waals surface area (Å²) >= 11 is 0. The molecular formula is C24H32N8O6. The van der Waals surface area contributed by atoms with Crippen LogP contribution in [0.2, 0.25) is 0 Å². The molecule has 0 aliphatic carbocycles. The van der Waals surface area contributed by atoms with Gasteiger partial charge in [0.1, 0.15) is 36.2 Å². The van der Waals surface area contributed by atoms with Crippen molar-refractivity contribution in [2.45, 2.75) is 49.8 Å². The summed E-state index contributed by atoms with van der Waals surface area (Å²) in [6, 6.07) is 6.01. The fourth-order valence-corrected chi connectivity index (χ4v) is 4.55. The lowest BCUT2D eigenvalue weighted by molar-refractivity contribution is -0.138. The van der Waals surface area contributed by atoms with Gasteiger partial charge in [0.05, 0.1) is 6.33 Å². The minimum atomic E-state index is -1.27. The Balaban J connectivity index is 1.44. The average molecular weight is 529 g/mol. The minimum absolute atomic E-state index is 0.181. The quantitative estimate of drug-likeness (QED) is 0.164. The molecule has 0 saturated carbocycles. The number of nitrogens with zero attached hydrogens (tertiary/aromatic N) is 5. The molecule has 4 rings (SSSR count). The van der Waals surface area contributed by atoms with Gasteiger partial charge in [0.15, 0.2) is 17.7 Å². The van der Waals surface area contributed by atoms with E-state index >= 15 is 0 Å². The molecule has 0 unspecified atom stereocenters. The summed E-state index contributed by atoms with van der Waals surface area (Å²) in [6.07, 6.45) is -0.0529. The standard InChI is InChI=1S/C24H32N8O6/c25-15(24(36)37)6-8-31(7-2-4-13-3-1-5-14(9-13)21(27)35)10-16-18(33)19(34)23(38-16)32-12-30-17-20(26)28-11-29-22(17)32/h1,3,5,9,11-12,15-16,18-19,23,33-34H,2,4,6-8,10,25H2,(H2,27,35)(H,36,37)(H2,26,28,29)/t15-,16+,18+,19+,23+/m0/s1. The lowest BCUT2D eigenvalue weighted by atomic mass is 10.1. The van der Waals surface area contributed by atoms with E-state index in [1.54, 1.807) is 18.2 Å². The van der Waals surface area contributed by atoms with Gasteiger partial charge in [-0.15, -0.1) is 0 Å². The third-order valence-electron chi connectivity index (χ3n) is 6.66. The van der Waals surface area contributed by atoms with Gasteiger partial charge in [0.25, 0.3) is 0 Å². The molecule has 1 fully saturated rings. The van der Waals surface area contributed by atoms with Gasteiger partial charge in [0.2, 0.25) is 5.91 Å². The van der Waals surface area contributed by atoms with E-state index in [0.717, 1.165) is 5.56 Å². The molecule has 0 spiro atoms. The molecule has 3 aromatic rings. The van der Waals surface area contributed by atoms with E-state index in [-0.39, 0.29) is 18.8 Å². The SMILES string of the molecule is NC(=O)c1cccc(CCCN(CC[C@H](N)C(=O)O)C[C@H]2O[C@@H](n3cnc4c(N)ncnc43)[C@H](O)[C@@H]2O)c1. The molecule has 5 atom stereocenters. The Morgan fingerprint density at radius 2 is 1.95 bits per heavy atom. The second kappa shape index (κ2) is 11.8. The van der Waals surface area contributed by atoms with Gasteiger partial charge in [-0.2, -0.15) is 0 Å². The predicted molar refractivity (Wildman–Crippen MR) is 136 cm³/mol. The predicted octanol–water partition coefficient (Wildman–Crippen LogP) is -1.14. The lowest BCUT2D eigenvalue weighted by Crippen LogP contribution is -2.43. The van der Waals surface area contributed by atoms with Crippen LogP contribution in [0.4, 0.5) is 5.82 Å². The molecule has 0 radical (unpaired) electrons. The number of carbonyl (C=O) groups excluding carboxylic acids is 1. The van der Waals surface area contributed by atoms with E-state index in [1.807, 2.05) is 11.0 Å². The maximum Gasteiger partial charge on any atom is 0.320 e. The molecule has 1 aliphatic rings. The Bertz CT molecular complexity index is 1290. The number of fused-ring (bicyclic) bond motifs is 1. The first-order chi connectivity index (χ1) is 18.2. The number of hydrogen-bond acceptors (Lipinski definition) is 11. The van der Waals surface area contributed by atoms with Crippen molar-refractivity contribution in [3.63, 3.8) is 0 Å². The van der Waals surface area contributed by atoms with Crippen molar-refractivity contribution in [2.24, 2.45) is 11.5 Å². The van der Waals surface area contributed by atoms with Crippen molar-refractivity contribution >= 4 is 28.9 Å².